The van der Waals surface area contributed by atoms with E-state index in [9.17, 15) is 9.59 Å². The van der Waals surface area contributed by atoms with Gasteiger partial charge >= 0.3 is 0 Å². The van der Waals surface area contributed by atoms with Crippen LogP contribution in [0.25, 0.3) is 10.8 Å². The zero-order valence-electron chi connectivity index (χ0n) is 16.5. The number of aromatic nitrogens is 1. The van der Waals surface area contributed by atoms with E-state index in [-0.39, 0.29) is 11.5 Å². The fraction of sp³-hybridized carbons (Fsp3) is 0.120. The minimum atomic E-state index is -0.235. The van der Waals surface area contributed by atoms with E-state index in [1.807, 2.05) is 56.3 Å². The second-order valence-corrected chi connectivity index (χ2v) is 7.35. The molecule has 0 saturated carbocycles. The number of carbonyl (C=O) groups is 1. The van der Waals surface area contributed by atoms with Crippen molar-refractivity contribution in [3.63, 3.8) is 0 Å². The molecule has 0 unspecified atom stereocenters. The van der Waals surface area contributed by atoms with Gasteiger partial charge in [0.1, 0.15) is 0 Å². The van der Waals surface area contributed by atoms with Crippen LogP contribution in [0.4, 0.5) is 5.69 Å². The highest BCUT2D eigenvalue weighted by Crippen LogP contribution is 2.19. The zero-order valence-corrected chi connectivity index (χ0v) is 16.5. The first kappa shape index (κ1) is 18.7. The van der Waals surface area contributed by atoms with Gasteiger partial charge in [0.2, 0.25) is 0 Å². The van der Waals surface area contributed by atoms with Crippen LogP contribution >= 0.6 is 0 Å². The molecule has 29 heavy (non-hydrogen) atoms. The Morgan fingerprint density at radius 3 is 2.41 bits per heavy atom. The minimum Gasteiger partial charge on any atom is -0.322 e. The largest absolute Gasteiger partial charge is 0.322 e. The van der Waals surface area contributed by atoms with Crippen molar-refractivity contribution in [1.29, 1.82) is 0 Å². The van der Waals surface area contributed by atoms with E-state index in [1.54, 1.807) is 16.8 Å². The quantitative estimate of drug-likeness (QED) is 0.545. The zero-order chi connectivity index (χ0) is 20.4. The SMILES string of the molecule is Cc1cc(C)cc(NC(=O)c2ccc(=O)n(Cc3cccc4ccccc34)c2)c1. The average molecular weight is 382 g/mol. The van der Waals surface area contributed by atoms with Crippen LogP contribution in [-0.2, 0) is 6.54 Å². The molecule has 3 aromatic carbocycles. The van der Waals surface area contributed by atoms with E-state index >= 15 is 0 Å². The standard InChI is InChI=1S/C25H22N2O2/c1-17-12-18(2)14-22(13-17)26-25(29)21-10-11-24(28)27(16-21)15-20-8-5-7-19-6-3-4-9-23(19)20/h3-14,16H,15H2,1-2H3,(H,26,29). The van der Waals surface area contributed by atoms with Gasteiger partial charge in [0, 0.05) is 18.0 Å². The van der Waals surface area contributed by atoms with E-state index in [0.29, 0.717) is 12.1 Å². The summed E-state index contributed by atoms with van der Waals surface area (Å²) in [5.74, 6) is -0.235. The molecule has 4 heteroatoms. The molecule has 0 atom stereocenters. The van der Waals surface area contributed by atoms with Crippen LogP contribution in [-0.4, -0.2) is 10.5 Å². The highest BCUT2D eigenvalue weighted by molar-refractivity contribution is 6.04. The Labute approximate surface area is 169 Å². The Hall–Kier alpha value is -3.66. The second kappa shape index (κ2) is 7.76. The van der Waals surface area contributed by atoms with Crippen LogP contribution in [0.2, 0.25) is 0 Å². The van der Waals surface area contributed by atoms with Gasteiger partial charge < -0.3 is 9.88 Å². The first-order chi connectivity index (χ1) is 14.0. The van der Waals surface area contributed by atoms with Gasteiger partial charge in [0.05, 0.1) is 12.1 Å². The summed E-state index contributed by atoms with van der Waals surface area (Å²) >= 11 is 0. The highest BCUT2D eigenvalue weighted by Gasteiger charge is 2.10. The Morgan fingerprint density at radius 2 is 1.62 bits per heavy atom. The van der Waals surface area contributed by atoms with Gasteiger partial charge in [-0.1, -0.05) is 48.5 Å². The first-order valence-corrected chi connectivity index (χ1v) is 9.56. The van der Waals surface area contributed by atoms with Gasteiger partial charge in [-0.05, 0) is 59.5 Å². The van der Waals surface area contributed by atoms with Crippen molar-refractivity contribution < 1.29 is 4.79 Å². The lowest BCUT2D eigenvalue weighted by Gasteiger charge is -2.12. The maximum atomic E-state index is 12.7. The number of carbonyl (C=O) groups excluding carboxylic acids is 1. The van der Waals surface area contributed by atoms with Crippen molar-refractivity contribution in [2.45, 2.75) is 20.4 Å². The fourth-order valence-corrected chi connectivity index (χ4v) is 3.65. The lowest BCUT2D eigenvalue weighted by Crippen LogP contribution is -2.22. The van der Waals surface area contributed by atoms with Crippen LogP contribution in [0.1, 0.15) is 27.0 Å². The molecule has 0 radical (unpaired) electrons. The van der Waals surface area contributed by atoms with E-state index in [4.69, 9.17) is 0 Å². The second-order valence-electron chi connectivity index (χ2n) is 7.35. The molecule has 0 bridgehead atoms. The molecule has 1 heterocycles. The normalized spacial score (nSPS) is 10.8. The summed E-state index contributed by atoms with van der Waals surface area (Å²) in [6, 6.07) is 23.1. The molecular formula is C25H22N2O2. The van der Waals surface area contributed by atoms with Gasteiger partial charge in [-0.3, -0.25) is 9.59 Å². The molecular weight excluding hydrogens is 360 g/mol. The number of aryl methyl sites for hydroxylation is 2. The summed E-state index contributed by atoms with van der Waals surface area (Å²) in [6.45, 7) is 4.39. The maximum absolute atomic E-state index is 12.7. The summed E-state index contributed by atoms with van der Waals surface area (Å²) in [7, 11) is 0. The van der Waals surface area contributed by atoms with Crippen LogP contribution in [0.5, 0.6) is 0 Å². The Morgan fingerprint density at radius 1 is 0.897 bits per heavy atom. The van der Waals surface area contributed by atoms with E-state index in [2.05, 4.69) is 23.5 Å². The Bertz CT molecular complexity index is 1250. The summed E-state index contributed by atoms with van der Waals surface area (Å²) in [6.07, 6.45) is 1.63. The van der Waals surface area contributed by atoms with Crippen LogP contribution in [0, 0.1) is 13.8 Å². The number of pyridine rings is 1. The molecule has 0 saturated heterocycles. The van der Waals surface area contributed by atoms with Crippen molar-refractivity contribution in [1.82, 2.24) is 4.57 Å². The summed E-state index contributed by atoms with van der Waals surface area (Å²) in [5.41, 5.74) is 4.27. The lowest BCUT2D eigenvalue weighted by molar-refractivity contribution is 0.102. The molecule has 0 aliphatic carbocycles. The van der Waals surface area contributed by atoms with Crippen LogP contribution in [0.3, 0.4) is 0 Å². The van der Waals surface area contributed by atoms with Crippen molar-refractivity contribution in [2.75, 3.05) is 5.32 Å². The third-order valence-electron chi connectivity index (χ3n) is 4.95. The number of fused-ring (bicyclic) bond motifs is 1. The number of hydrogen-bond donors (Lipinski definition) is 1. The van der Waals surface area contributed by atoms with Crippen LogP contribution in [0.15, 0.2) is 83.8 Å². The maximum Gasteiger partial charge on any atom is 0.257 e. The lowest BCUT2D eigenvalue weighted by atomic mass is 10.0. The summed E-state index contributed by atoms with van der Waals surface area (Å²) < 4.78 is 1.58. The fourth-order valence-electron chi connectivity index (χ4n) is 3.65. The van der Waals surface area contributed by atoms with E-state index < -0.39 is 0 Å². The third kappa shape index (κ3) is 4.11. The minimum absolute atomic E-state index is 0.138. The molecule has 0 spiro atoms. The van der Waals surface area contributed by atoms with Gasteiger partial charge in [0.15, 0.2) is 0 Å². The van der Waals surface area contributed by atoms with E-state index in [1.165, 1.54) is 6.07 Å². The van der Waals surface area contributed by atoms with Gasteiger partial charge in [0.25, 0.3) is 11.5 Å². The number of benzene rings is 3. The smallest absolute Gasteiger partial charge is 0.257 e. The number of amides is 1. The molecule has 144 valence electrons. The van der Waals surface area contributed by atoms with Gasteiger partial charge in [-0.25, -0.2) is 0 Å². The van der Waals surface area contributed by atoms with Crippen molar-refractivity contribution in [3.05, 3.63) is 112 Å². The number of hydrogen-bond acceptors (Lipinski definition) is 2. The van der Waals surface area contributed by atoms with E-state index in [0.717, 1.165) is 33.2 Å². The molecule has 0 aliphatic rings. The topological polar surface area (TPSA) is 51.1 Å². The number of nitrogens with one attached hydrogen (secondary N) is 1. The van der Waals surface area contributed by atoms with Crippen LogP contribution < -0.4 is 10.9 Å². The molecule has 0 fully saturated rings. The van der Waals surface area contributed by atoms with Crippen molar-refractivity contribution in [3.8, 4) is 0 Å². The highest BCUT2D eigenvalue weighted by atomic mass is 16.2. The van der Waals surface area contributed by atoms with Crippen molar-refractivity contribution >= 4 is 22.4 Å². The first-order valence-electron chi connectivity index (χ1n) is 9.56. The van der Waals surface area contributed by atoms with Crippen molar-refractivity contribution in [2.24, 2.45) is 0 Å². The number of rotatable bonds is 4. The average Bonchev–Trinajstić information content (AvgIpc) is 2.69. The Balaban J connectivity index is 1.63. The molecule has 4 nitrogen and oxygen atoms in total. The summed E-state index contributed by atoms with van der Waals surface area (Å²) in [5, 5.41) is 5.16. The third-order valence-corrected chi connectivity index (χ3v) is 4.95. The monoisotopic (exact) mass is 382 g/mol. The molecule has 1 amide bonds. The predicted octanol–water partition coefficient (Wildman–Crippen LogP) is 4.92. The molecule has 4 aromatic rings. The molecule has 1 aromatic heterocycles. The van der Waals surface area contributed by atoms with Gasteiger partial charge in [-0.15, -0.1) is 0 Å². The molecule has 1 N–H and O–H groups in total. The Kier molecular flexibility index (Phi) is 5.00. The number of anilines is 1. The van der Waals surface area contributed by atoms with Gasteiger partial charge in [-0.2, -0.15) is 0 Å². The number of nitrogens with zero attached hydrogens (tertiary/aromatic N) is 1. The predicted molar refractivity (Wildman–Crippen MR) is 118 cm³/mol. The molecule has 0 aliphatic heterocycles. The molecule has 4 rings (SSSR count). The summed E-state index contributed by atoms with van der Waals surface area (Å²) in [4.78, 5) is 25.2.